The van der Waals surface area contributed by atoms with Crippen molar-refractivity contribution in [3.05, 3.63) is 29.5 Å². The van der Waals surface area contributed by atoms with E-state index in [0.717, 1.165) is 12.1 Å². The van der Waals surface area contributed by atoms with E-state index in [2.05, 4.69) is 22.5 Å². The average Bonchev–Trinajstić information content (AvgIpc) is 2.20. The molecule has 1 aromatic heterocycles. The van der Waals surface area contributed by atoms with Crippen LogP contribution in [0.25, 0.3) is 6.08 Å². The van der Waals surface area contributed by atoms with Gasteiger partial charge in [0.25, 0.3) is 0 Å². The van der Waals surface area contributed by atoms with Gasteiger partial charge in [-0.05, 0) is 25.1 Å². The summed E-state index contributed by atoms with van der Waals surface area (Å²) in [6.07, 6.45) is 5.94. The highest BCUT2D eigenvalue weighted by molar-refractivity contribution is 5.53. The zero-order valence-corrected chi connectivity index (χ0v) is 8.87. The molecule has 14 heavy (non-hydrogen) atoms. The van der Waals surface area contributed by atoms with Crippen LogP contribution in [0.15, 0.2) is 18.3 Å². The van der Waals surface area contributed by atoms with Gasteiger partial charge in [-0.2, -0.15) is 0 Å². The highest BCUT2D eigenvalue weighted by atomic mass is 16.5. The molecule has 0 fully saturated rings. The minimum absolute atomic E-state index is 0.660. The van der Waals surface area contributed by atoms with Gasteiger partial charge in [0.2, 0.25) is 5.88 Å². The van der Waals surface area contributed by atoms with Crippen LogP contribution in [0.4, 0.5) is 0 Å². The first kappa shape index (κ1) is 10.7. The molecule has 0 amide bonds. The first-order chi connectivity index (χ1) is 6.77. The first-order valence-electron chi connectivity index (χ1n) is 4.59. The minimum atomic E-state index is 0.660. The molecule has 0 bridgehead atoms. The van der Waals surface area contributed by atoms with E-state index in [1.165, 1.54) is 5.56 Å². The molecule has 0 unspecified atom stereocenters. The predicted molar refractivity (Wildman–Crippen MR) is 58.5 cm³/mol. The number of rotatable bonds is 4. The maximum Gasteiger partial charge on any atom is 0.213 e. The summed E-state index contributed by atoms with van der Waals surface area (Å²) in [5.74, 6) is 0.660. The second kappa shape index (κ2) is 5.40. The van der Waals surface area contributed by atoms with Crippen molar-refractivity contribution in [2.45, 2.75) is 6.92 Å². The molecule has 1 heterocycles. The number of aryl methyl sites for hydroxylation is 1. The van der Waals surface area contributed by atoms with E-state index in [1.54, 1.807) is 7.11 Å². The Hall–Kier alpha value is -1.35. The number of nitrogens with one attached hydrogen (secondary N) is 1. The molecular weight excluding hydrogens is 176 g/mol. The smallest absolute Gasteiger partial charge is 0.213 e. The fraction of sp³-hybridized carbons (Fsp3) is 0.364. The normalized spacial score (nSPS) is 10.8. The Balaban J connectivity index is 2.78. The summed E-state index contributed by atoms with van der Waals surface area (Å²) < 4.78 is 5.03. The fourth-order valence-electron chi connectivity index (χ4n) is 1.13. The summed E-state index contributed by atoms with van der Waals surface area (Å²) >= 11 is 0. The highest BCUT2D eigenvalue weighted by Gasteiger charge is 1.97. The van der Waals surface area contributed by atoms with E-state index in [1.807, 2.05) is 26.2 Å². The van der Waals surface area contributed by atoms with Gasteiger partial charge in [-0.3, -0.25) is 0 Å². The third kappa shape index (κ3) is 2.85. The Bertz CT molecular complexity index is 321. The lowest BCUT2D eigenvalue weighted by Crippen LogP contribution is -2.03. The Morgan fingerprint density at radius 2 is 2.36 bits per heavy atom. The SMILES string of the molecule is CNCC=Cc1cnc(OC)cc1C. The average molecular weight is 192 g/mol. The quantitative estimate of drug-likeness (QED) is 0.787. The molecule has 1 rings (SSSR count). The highest BCUT2D eigenvalue weighted by Crippen LogP contribution is 2.14. The summed E-state index contributed by atoms with van der Waals surface area (Å²) in [7, 11) is 3.54. The van der Waals surface area contributed by atoms with Crippen LogP contribution >= 0.6 is 0 Å². The third-order valence-corrected chi connectivity index (χ3v) is 1.95. The maximum absolute atomic E-state index is 5.03. The number of pyridine rings is 1. The van der Waals surface area contributed by atoms with Crippen LogP contribution < -0.4 is 10.1 Å². The molecule has 3 heteroatoms. The molecule has 1 aromatic rings. The largest absolute Gasteiger partial charge is 0.481 e. The summed E-state index contributed by atoms with van der Waals surface area (Å²) in [4.78, 5) is 4.14. The van der Waals surface area contributed by atoms with Crippen molar-refractivity contribution in [3.63, 3.8) is 0 Å². The van der Waals surface area contributed by atoms with Crippen LogP contribution in [-0.2, 0) is 0 Å². The van der Waals surface area contributed by atoms with Gasteiger partial charge in [0, 0.05) is 18.8 Å². The molecular formula is C11H16N2O. The number of aromatic nitrogens is 1. The van der Waals surface area contributed by atoms with Crippen LogP contribution in [0.3, 0.4) is 0 Å². The van der Waals surface area contributed by atoms with Crippen LogP contribution in [-0.4, -0.2) is 25.7 Å². The van der Waals surface area contributed by atoms with Crippen molar-refractivity contribution in [3.8, 4) is 5.88 Å². The Morgan fingerprint density at radius 3 is 2.93 bits per heavy atom. The summed E-state index contributed by atoms with van der Waals surface area (Å²) in [6.45, 7) is 2.91. The number of likely N-dealkylation sites (N-methyl/N-ethyl adjacent to an activating group) is 1. The molecule has 0 aromatic carbocycles. The van der Waals surface area contributed by atoms with Crippen LogP contribution in [0.2, 0.25) is 0 Å². The van der Waals surface area contributed by atoms with Crippen molar-refractivity contribution >= 4 is 6.08 Å². The number of ether oxygens (including phenoxy) is 1. The van der Waals surface area contributed by atoms with Crippen molar-refractivity contribution in [1.82, 2.24) is 10.3 Å². The van der Waals surface area contributed by atoms with E-state index in [0.29, 0.717) is 5.88 Å². The molecule has 0 aliphatic rings. The van der Waals surface area contributed by atoms with Gasteiger partial charge < -0.3 is 10.1 Å². The minimum Gasteiger partial charge on any atom is -0.481 e. The Morgan fingerprint density at radius 1 is 1.57 bits per heavy atom. The molecule has 3 nitrogen and oxygen atoms in total. The van der Waals surface area contributed by atoms with Crippen molar-refractivity contribution < 1.29 is 4.74 Å². The summed E-state index contributed by atoms with van der Waals surface area (Å²) in [5.41, 5.74) is 2.30. The monoisotopic (exact) mass is 192 g/mol. The maximum atomic E-state index is 5.03. The first-order valence-corrected chi connectivity index (χ1v) is 4.59. The third-order valence-electron chi connectivity index (χ3n) is 1.95. The molecule has 0 saturated heterocycles. The van der Waals surface area contributed by atoms with E-state index in [4.69, 9.17) is 4.74 Å². The Kier molecular flexibility index (Phi) is 4.13. The molecule has 0 atom stereocenters. The van der Waals surface area contributed by atoms with Crippen molar-refractivity contribution in [2.24, 2.45) is 0 Å². The van der Waals surface area contributed by atoms with Gasteiger partial charge in [-0.15, -0.1) is 0 Å². The predicted octanol–water partition coefficient (Wildman–Crippen LogP) is 1.63. The molecule has 76 valence electrons. The molecule has 1 N–H and O–H groups in total. The second-order valence-electron chi connectivity index (χ2n) is 3.04. The van der Waals surface area contributed by atoms with Gasteiger partial charge in [-0.1, -0.05) is 12.2 Å². The van der Waals surface area contributed by atoms with Crippen LogP contribution in [0, 0.1) is 6.92 Å². The fourth-order valence-corrected chi connectivity index (χ4v) is 1.13. The lowest BCUT2D eigenvalue weighted by Gasteiger charge is -2.02. The molecule has 0 saturated carbocycles. The van der Waals surface area contributed by atoms with Crippen molar-refractivity contribution in [2.75, 3.05) is 20.7 Å². The summed E-state index contributed by atoms with van der Waals surface area (Å²) in [5, 5.41) is 3.05. The number of methoxy groups -OCH3 is 1. The van der Waals surface area contributed by atoms with Gasteiger partial charge in [0.1, 0.15) is 0 Å². The molecule has 0 aliphatic heterocycles. The standard InChI is InChI=1S/C11H16N2O/c1-9-7-11(14-3)13-8-10(9)5-4-6-12-2/h4-5,7-8,12H,6H2,1-3H3. The van der Waals surface area contributed by atoms with Crippen LogP contribution in [0.5, 0.6) is 5.88 Å². The van der Waals surface area contributed by atoms with Gasteiger partial charge in [0.05, 0.1) is 7.11 Å². The topological polar surface area (TPSA) is 34.2 Å². The van der Waals surface area contributed by atoms with Gasteiger partial charge >= 0.3 is 0 Å². The molecule has 0 radical (unpaired) electrons. The zero-order valence-electron chi connectivity index (χ0n) is 8.87. The number of hydrogen-bond donors (Lipinski definition) is 1. The number of hydrogen-bond acceptors (Lipinski definition) is 3. The van der Waals surface area contributed by atoms with E-state index in [9.17, 15) is 0 Å². The zero-order chi connectivity index (χ0) is 10.4. The lowest BCUT2D eigenvalue weighted by molar-refractivity contribution is 0.397. The molecule has 0 spiro atoms. The second-order valence-corrected chi connectivity index (χ2v) is 3.04. The lowest BCUT2D eigenvalue weighted by atomic mass is 10.1. The van der Waals surface area contributed by atoms with E-state index in [-0.39, 0.29) is 0 Å². The number of nitrogens with zero attached hydrogens (tertiary/aromatic N) is 1. The van der Waals surface area contributed by atoms with Crippen LogP contribution in [0.1, 0.15) is 11.1 Å². The summed E-state index contributed by atoms with van der Waals surface area (Å²) in [6, 6.07) is 1.93. The van der Waals surface area contributed by atoms with Gasteiger partial charge in [0.15, 0.2) is 0 Å². The Labute approximate surface area is 84.8 Å². The van der Waals surface area contributed by atoms with Crippen molar-refractivity contribution in [1.29, 1.82) is 0 Å². The van der Waals surface area contributed by atoms with E-state index >= 15 is 0 Å². The molecule has 0 aliphatic carbocycles. The van der Waals surface area contributed by atoms with E-state index < -0.39 is 0 Å². The van der Waals surface area contributed by atoms with Gasteiger partial charge in [-0.25, -0.2) is 4.98 Å².